The van der Waals surface area contributed by atoms with Gasteiger partial charge < -0.3 is 5.73 Å². The van der Waals surface area contributed by atoms with Crippen molar-refractivity contribution in [1.29, 1.82) is 0 Å². The molecule has 5 heteroatoms. The summed E-state index contributed by atoms with van der Waals surface area (Å²) in [7, 11) is 0. The minimum Gasteiger partial charge on any atom is -0.321 e. The van der Waals surface area contributed by atoms with Crippen LogP contribution >= 0.6 is 0 Å². The monoisotopic (exact) mass is 169 g/mol. The summed E-state index contributed by atoms with van der Waals surface area (Å²) in [6, 6.07) is -0.152. The summed E-state index contributed by atoms with van der Waals surface area (Å²) in [6.45, 7) is 7.88. The lowest BCUT2D eigenvalue weighted by Gasteiger charge is -2.15. The van der Waals surface area contributed by atoms with Gasteiger partial charge in [-0.05, 0) is 32.9 Å². The fraction of sp³-hybridized carbons (Fsp3) is 0.857. The topological polar surface area (TPSA) is 69.6 Å². The van der Waals surface area contributed by atoms with Gasteiger partial charge in [-0.3, -0.25) is 0 Å². The molecule has 0 fully saturated rings. The van der Waals surface area contributed by atoms with Crippen LogP contribution in [0.1, 0.15) is 39.6 Å². The summed E-state index contributed by atoms with van der Waals surface area (Å²) >= 11 is 0. The molecule has 0 aromatic carbocycles. The Morgan fingerprint density at radius 2 is 2.00 bits per heavy atom. The maximum atomic E-state index is 5.59. The number of nitrogens with two attached hydrogens (primary N) is 1. The Kier molecular flexibility index (Phi) is 2.14. The molecule has 0 bridgehead atoms. The highest BCUT2D eigenvalue weighted by molar-refractivity contribution is 4.85. The van der Waals surface area contributed by atoms with Crippen LogP contribution in [0.4, 0.5) is 0 Å². The Bertz CT molecular complexity index is 257. The van der Waals surface area contributed by atoms with Gasteiger partial charge in [-0.1, -0.05) is 0 Å². The van der Waals surface area contributed by atoms with Crippen LogP contribution in [0.5, 0.6) is 0 Å². The highest BCUT2D eigenvalue weighted by atomic mass is 15.6. The predicted octanol–water partition coefficient (Wildman–Crippen LogP) is 0.448. The molecule has 0 saturated carbocycles. The Labute approximate surface area is 71.9 Å². The zero-order valence-electron chi connectivity index (χ0n) is 7.94. The highest BCUT2D eigenvalue weighted by Gasteiger charge is 2.17. The van der Waals surface area contributed by atoms with Gasteiger partial charge in [0.1, 0.15) is 0 Å². The van der Waals surface area contributed by atoms with E-state index in [2.05, 4.69) is 15.4 Å². The minimum absolute atomic E-state index is 0.125. The first kappa shape index (κ1) is 9.12. The Hall–Kier alpha value is -0.970. The molecule has 1 atom stereocenters. The van der Waals surface area contributed by atoms with E-state index in [4.69, 9.17) is 5.73 Å². The second-order valence-corrected chi connectivity index (χ2v) is 3.90. The van der Waals surface area contributed by atoms with Crippen molar-refractivity contribution in [3.8, 4) is 0 Å². The van der Waals surface area contributed by atoms with E-state index in [-0.39, 0.29) is 11.6 Å². The van der Waals surface area contributed by atoms with Crippen LogP contribution in [0.25, 0.3) is 0 Å². The van der Waals surface area contributed by atoms with E-state index in [1.807, 2.05) is 27.7 Å². The summed E-state index contributed by atoms with van der Waals surface area (Å²) < 4.78 is 0. The van der Waals surface area contributed by atoms with Gasteiger partial charge in [0.15, 0.2) is 5.82 Å². The zero-order valence-corrected chi connectivity index (χ0v) is 7.94. The SMILES string of the molecule is C[C@H](N)c1nnn(C(C)(C)C)n1. The van der Waals surface area contributed by atoms with Crippen LogP contribution in [0, 0.1) is 0 Å². The van der Waals surface area contributed by atoms with E-state index in [9.17, 15) is 0 Å². The van der Waals surface area contributed by atoms with Crippen LogP contribution in [0.15, 0.2) is 0 Å². The van der Waals surface area contributed by atoms with Crippen molar-refractivity contribution < 1.29 is 0 Å². The lowest BCUT2D eigenvalue weighted by atomic mass is 10.1. The molecule has 0 saturated heterocycles. The Balaban J connectivity index is 2.92. The summed E-state index contributed by atoms with van der Waals surface area (Å²) in [5.41, 5.74) is 5.47. The molecule has 12 heavy (non-hydrogen) atoms. The first-order valence-electron chi connectivity index (χ1n) is 3.97. The average molecular weight is 169 g/mol. The maximum absolute atomic E-state index is 5.59. The fourth-order valence-electron chi connectivity index (χ4n) is 0.692. The van der Waals surface area contributed by atoms with Crippen molar-refractivity contribution in [2.45, 2.75) is 39.3 Å². The molecule has 2 N–H and O–H groups in total. The van der Waals surface area contributed by atoms with Gasteiger partial charge in [-0.15, -0.1) is 10.2 Å². The van der Waals surface area contributed by atoms with Gasteiger partial charge in [-0.25, -0.2) is 0 Å². The summed E-state index contributed by atoms with van der Waals surface area (Å²) in [5, 5.41) is 11.9. The van der Waals surface area contributed by atoms with Crippen molar-refractivity contribution in [2.75, 3.05) is 0 Å². The minimum atomic E-state index is -0.152. The molecular formula is C7H15N5. The van der Waals surface area contributed by atoms with Crippen molar-refractivity contribution in [1.82, 2.24) is 20.2 Å². The third-order valence-electron chi connectivity index (χ3n) is 1.44. The van der Waals surface area contributed by atoms with Crippen LogP contribution in [0.3, 0.4) is 0 Å². The zero-order chi connectivity index (χ0) is 9.35. The van der Waals surface area contributed by atoms with Crippen molar-refractivity contribution >= 4 is 0 Å². The van der Waals surface area contributed by atoms with Crippen LogP contribution < -0.4 is 5.73 Å². The summed E-state index contributed by atoms with van der Waals surface area (Å²) in [4.78, 5) is 1.58. The molecule has 1 heterocycles. The van der Waals surface area contributed by atoms with E-state index in [0.717, 1.165) is 0 Å². The molecule has 1 aromatic rings. The predicted molar refractivity (Wildman–Crippen MR) is 45.4 cm³/mol. The van der Waals surface area contributed by atoms with Gasteiger partial charge in [0.25, 0.3) is 0 Å². The van der Waals surface area contributed by atoms with Gasteiger partial charge in [0.2, 0.25) is 0 Å². The molecule has 68 valence electrons. The number of aromatic nitrogens is 4. The number of hydrogen-bond acceptors (Lipinski definition) is 4. The molecule has 0 spiro atoms. The Morgan fingerprint density at radius 3 is 2.25 bits per heavy atom. The Morgan fingerprint density at radius 1 is 1.42 bits per heavy atom. The van der Waals surface area contributed by atoms with E-state index in [0.29, 0.717) is 5.82 Å². The van der Waals surface area contributed by atoms with Gasteiger partial charge in [-0.2, -0.15) is 4.80 Å². The molecule has 5 nitrogen and oxygen atoms in total. The van der Waals surface area contributed by atoms with Crippen LogP contribution in [-0.2, 0) is 5.54 Å². The standard InChI is InChI=1S/C7H15N5/c1-5(8)6-9-11-12(10-6)7(2,3)4/h5H,8H2,1-4H3/t5-/m0/s1. The van der Waals surface area contributed by atoms with Crippen molar-refractivity contribution in [3.63, 3.8) is 0 Å². The van der Waals surface area contributed by atoms with Crippen molar-refractivity contribution in [2.24, 2.45) is 5.73 Å². The molecule has 0 unspecified atom stereocenters. The maximum Gasteiger partial charge on any atom is 0.191 e. The van der Waals surface area contributed by atoms with Crippen molar-refractivity contribution in [3.05, 3.63) is 5.82 Å². The highest BCUT2D eigenvalue weighted by Crippen LogP contribution is 2.10. The molecule has 1 rings (SSSR count). The lowest BCUT2D eigenvalue weighted by molar-refractivity contribution is 0.305. The molecule has 0 radical (unpaired) electrons. The van der Waals surface area contributed by atoms with Crippen LogP contribution in [0.2, 0.25) is 0 Å². The largest absolute Gasteiger partial charge is 0.321 e. The molecular weight excluding hydrogens is 154 g/mol. The molecule has 1 aromatic heterocycles. The van der Waals surface area contributed by atoms with Gasteiger partial charge >= 0.3 is 0 Å². The molecule has 0 amide bonds. The normalized spacial score (nSPS) is 14.8. The van der Waals surface area contributed by atoms with Gasteiger partial charge in [0, 0.05) is 0 Å². The summed E-state index contributed by atoms with van der Waals surface area (Å²) in [5.74, 6) is 0.588. The molecule has 0 aliphatic rings. The van der Waals surface area contributed by atoms with Gasteiger partial charge in [0.05, 0.1) is 11.6 Å². The fourth-order valence-corrected chi connectivity index (χ4v) is 0.692. The average Bonchev–Trinajstić information content (AvgIpc) is 2.30. The number of hydrogen-bond donors (Lipinski definition) is 1. The second kappa shape index (κ2) is 2.82. The van der Waals surface area contributed by atoms with E-state index in [1.54, 1.807) is 4.80 Å². The van der Waals surface area contributed by atoms with E-state index < -0.39 is 0 Å². The van der Waals surface area contributed by atoms with Crippen LogP contribution in [-0.4, -0.2) is 20.2 Å². The number of rotatable bonds is 1. The lowest BCUT2D eigenvalue weighted by Crippen LogP contribution is -2.25. The van der Waals surface area contributed by atoms with E-state index in [1.165, 1.54) is 0 Å². The second-order valence-electron chi connectivity index (χ2n) is 3.90. The number of nitrogens with zero attached hydrogens (tertiary/aromatic N) is 4. The third-order valence-corrected chi connectivity index (χ3v) is 1.44. The smallest absolute Gasteiger partial charge is 0.191 e. The third kappa shape index (κ3) is 1.79. The molecule has 0 aliphatic heterocycles. The quantitative estimate of drug-likeness (QED) is 0.662. The summed E-state index contributed by atoms with van der Waals surface area (Å²) in [6.07, 6.45) is 0. The first-order valence-corrected chi connectivity index (χ1v) is 3.97. The number of tetrazole rings is 1. The molecule has 0 aliphatic carbocycles. The first-order chi connectivity index (χ1) is 5.41. The van der Waals surface area contributed by atoms with E-state index >= 15 is 0 Å².